The number of hydrogen-bond acceptors (Lipinski definition) is 5. The first kappa shape index (κ1) is 40.0. The third kappa shape index (κ3) is 13.9. The normalized spacial score (nSPS) is 12.7. The van der Waals surface area contributed by atoms with Gasteiger partial charge in [0, 0.05) is 31.1 Å². The Kier molecular flexibility index (Phi) is 18.5. The van der Waals surface area contributed by atoms with Crippen LogP contribution in [-0.2, 0) is 27.2 Å². The molecule has 0 aliphatic carbocycles. The lowest BCUT2D eigenvalue weighted by atomic mass is 10.1. The van der Waals surface area contributed by atoms with E-state index in [9.17, 15) is 14.4 Å². The van der Waals surface area contributed by atoms with E-state index in [1.165, 1.54) is 11.1 Å². The summed E-state index contributed by atoms with van der Waals surface area (Å²) in [5.74, 6) is -0.0241. The fraction of sp³-hybridized carbons (Fsp3) is 0.333. The predicted octanol–water partition coefficient (Wildman–Crippen LogP) is 8.78. The minimum atomic E-state index is -0.0702. The Bertz CT molecular complexity index is 1580. The van der Waals surface area contributed by atoms with Crippen molar-refractivity contribution in [3.05, 3.63) is 108 Å². The number of nitrogens with zero attached hydrogens (tertiary/aromatic N) is 2. The molecule has 0 fully saturated rings. The van der Waals surface area contributed by atoms with Gasteiger partial charge in [-0.25, -0.2) is 0 Å². The summed E-state index contributed by atoms with van der Waals surface area (Å²) in [4.78, 5) is 35.8. The first-order valence-electron chi connectivity index (χ1n) is 16.2. The summed E-state index contributed by atoms with van der Waals surface area (Å²) in [5.41, 5.74) is 7.65. The van der Waals surface area contributed by atoms with Gasteiger partial charge in [0.1, 0.15) is 6.29 Å². The van der Waals surface area contributed by atoms with E-state index in [0.29, 0.717) is 25.0 Å². The van der Waals surface area contributed by atoms with Gasteiger partial charge in [0.15, 0.2) is 0 Å². The van der Waals surface area contributed by atoms with Crippen molar-refractivity contribution in [3.63, 3.8) is 0 Å². The van der Waals surface area contributed by atoms with E-state index >= 15 is 0 Å². The molecule has 5 rings (SSSR count). The molecule has 0 spiro atoms. The highest BCUT2D eigenvalue weighted by atomic mass is 16.2. The lowest BCUT2D eigenvalue weighted by Gasteiger charge is -2.19. The molecule has 4 aromatic rings. The SMILES string of the molecule is C=C(C)C=O.C=C(C)Cc1ccccc1.CC.CC.C[C@H]1CNc2ccc(CCC(=O)Nc3ccc4[nH]ncc4c3)cc2N(C)C1=O. The minimum Gasteiger partial charge on any atom is -0.383 e. The van der Waals surface area contributed by atoms with Crippen molar-refractivity contribution in [2.75, 3.05) is 29.1 Å². The van der Waals surface area contributed by atoms with Gasteiger partial charge in [-0.2, -0.15) is 5.10 Å². The van der Waals surface area contributed by atoms with Crippen molar-refractivity contribution in [2.24, 2.45) is 5.92 Å². The number of anilines is 3. The number of fused-ring (bicyclic) bond motifs is 2. The van der Waals surface area contributed by atoms with Crippen LogP contribution in [0.15, 0.2) is 97.2 Å². The van der Waals surface area contributed by atoms with Crippen LogP contribution in [0.5, 0.6) is 0 Å². The molecule has 0 saturated heterocycles. The maximum Gasteiger partial charge on any atom is 0.231 e. The number of aryl methyl sites for hydroxylation is 1. The molecule has 252 valence electrons. The number of allylic oxidation sites excluding steroid dienone is 2. The van der Waals surface area contributed by atoms with E-state index in [2.05, 4.69) is 58.3 Å². The standard InChI is InChI=1S/C21H23N5O2.C10H12.C4H6O.2C2H6/c1-13-11-22-18-6-3-14(9-19(18)26(2)21(13)28)4-8-20(27)24-16-5-7-17-15(10-16)12-23-25-17;1-9(2)8-10-6-4-3-5-7-10;1-4(2)3-5;2*1-2/h3,5-7,9-10,12-13,22H,4,8,11H2,1-2H3,(H,23,25)(H,24,27);3-7H,1,8H2,2H3;3H,1H2,2H3;2*1-2H3/t13-;;;;/m0..../s1. The van der Waals surface area contributed by atoms with Crippen LogP contribution >= 0.6 is 0 Å². The molecule has 1 aromatic heterocycles. The average Bonchev–Trinajstić information content (AvgIpc) is 3.52. The summed E-state index contributed by atoms with van der Waals surface area (Å²) in [6.45, 7) is 21.4. The number of nitrogens with one attached hydrogen (secondary N) is 3. The summed E-state index contributed by atoms with van der Waals surface area (Å²) in [7, 11) is 1.80. The molecule has 8 heteroatoms. The highest BCUT2D eigenvalue weighted by molar-refractivity contribution is 5.99. The van der Waals surface area contributed by atoms with Crippen LogP contribution in [0.4, 0.5) is 17.1 Å². The largest absolute Gasteiger partial charge is 0.383 e. The smallest absolute Gasteiger partial charge is 0.231 e. The average molecular weight is 640 g/mol. The van der Waals surface area contributed by atoms with Crippen LogP contribution in [0.3, 0.4) is 0 Å². The molecule has 8 nitrogen and oxygen atoms in total. The lowest BCUT2D eigenvalue weighted by molar-refractivity contribution is -0.121. The zero-order valence-electron chi connectivity index (χ0n) is 29.4. The van der Waals surface area contributed by atoms with E-state index in [0.717, 1.165) is 46.2 Å². The van der Waals surface area contributed by atoms with E-state index in [1.807, 2.05) is 84.0 Å². The summed E-state index contributed by atoms with van der Waals surface area (Å²) in [5, 5.41) is 14.1. The number of benzene rings is 3. The number of aldehydes is 1. The Hall–Kier alpha value is -4.98. The second-order valence-electron chi connectivity index (χ2n) is 10.8. The third-order valence-corrected chi connectivity index (χ3v) is 6.69. The molecule has 0 radical (unpaired) electrons. The monoisotopic (exact) mass is 639 g/mol. The molecule has 3 N–H and O–H groups in total. The minimum absolute atomic E-state index is 0.0473. The Labute approximate surface area is 281 Å². The fourth-order valence-electron chi connectivity index (χ4n) is 4.41. The molecule has 3 aromatic carbocycles. The van der Waals surface area contributed by atoms with Gasteiger partial charge in [-0.15, -0.1) is 0 Å². The second-order valence-corrected chi connectivity index (χ2v) is 10.8. The molecule has 0 saturated carbocycles. The van der Waals surface area contributed by atoms with Gasteiger partial charge in [0.2, 0.25) is 11.8 Å². The lowest BCUT2D eigenvalue weighted by Crippen LogP contribution is -2.31. The van der Waals surface area contributed by atoms with Gasteiger partial charge < -0.3 is 15.5 Å². The number of rotatable bonds is 7. The number of H-pyrrole nitrogens is 1. The van der Waals surface area contributed by atoms with Crippen molar-refractivity contribution in [1.82, 2.24) is 10.2 Å². The first-order chi connectivity index (χ1) is 22.6. The third-order valence-electron chi connectivity index (χ3n) is 6.69. The van der Waals surface area contributed by atoms with Crippen molar-refractivity contribution in [3.8, 4) is 0 Å². The molecule has 1 aliphatic rings. The highest BCUT2D eigenvalue weighted by Gasteiger charge is 2.24. The Morgan fingerprint density at radius 3 is 2.28 bits per heavy atom. The maximum atomic E-state index is 12.4. The number of carbonyl (C=O) groups is 3. The zero-order chi connectivity index (χ0) is 35.4. The molecule has 0 bridgehead atoms. The van der Waals surface area contributed by atoms with Crippen molar-refractivity contribution >= 4 is 46.1 Å². The number of hydrogen-bond donors (Lipinski definition) is 3. The highest BCUT2D eigenvalue weighted by Crippen LogP contribution is 2.30. The first-order valence-corrected chi connectivity index (χ1v) is 16.2. The summed E-state index contributed by atoms with van der Waals surface area (Å²) < 4.78 is 0. The van der Waals surface area contributed by atoms with Crippen LogP contribution in [0, 0.1) is 5.92 Å². The topological polar surface area (TPSA) is 107 Å². The van der Waals surface area contributed by atoms with Gasteiger partial charge in [-0.05, 0) is 73.7 Å². The molecule has 2 amide bonds. The van der Waals surface area contributed by atoms with Gasteiger partial charge >= 0.3 is 0 Å². The molecule has 47 heavy (non-hydrogen) atoms. The number of aromatic nitrogens is 2. The van der Waals surface area contributed by atoms with Crippen LogP contribution in [0.25, 0.3) is 10.9 Å². The van der Waals surface area contributed by atoms with Crippen molar-refractivity contribution in [1.29, 1.82) is 0 Å². The molecule has 2 heterocycles. The second kappa shape index (κ2) is 21.7. The fourth-order valence-corrected chi connectivity index (χ4v) is 4.41. The Morgan fingerprint density at radius 1 is 1.00 bits per heavy atom. The number of amides is 2. The molecule has 1 aliphatic heterocycles. The Morgan fingerprint density at radius 2 is 1.66 bits per heavy atom. The molecular weight excluding hydrogens is 586 g/mol. The number of aromatic amines is 1. The Balaban J connectivity index is 0.000000480. The summed E-state index contributed by atoms with van der Waals surface area (Å²) in [6.07, 6.45) is 4.42. The van der Waals surface area contributed by atoms with Gasteiger partial charge in [0.05, 0.1) is 29.0 Å². The van der Waals surface area contributed by atoms with Gasteiger partial charge in [-0.3, -0.25) is 19.5 Å². The predicted molar refractivity (Wildman–Crippen MR) is 199 cm³/mol. The molecule has 0 unspecified atom stereocenters. The van der Waals surface area contributed by atoms with Crippen LogP contribution in [0.2, 0.25) is 0 Å². The van der Waals surface area contributed by atoms with Gasteiger partial charge in [-0.1, -0.05) is 89.7 Å². The van der Waals surface area contributed by atoms with E-state index in [1.54, 1.807) is 25.1 Å². The zero-order valence-corrected chi connectivity index (χ0v) is 29.4. The van der Waals surface area contributed by atoms with E-state index < -0.39 is 0 Å². The quantitative estimate of drug-likeness (QED) is 0.106. The summed E-state index contributed by atoms with van der Waals surface area (Å²) in [6, 6.07) is 22.0. The van der Waals surface area contributed by atoms with Gasteiger partial charge in [0.25, 0.3) is 0 Å². The molecule has 1 atom stereocenters. The van der Waals surface area contributed by atoms with Crippen molar-refractivity contribution < 1.29 is 14.4 Å². The van der Waals surface area contributed by atoms with E-state index in [4.69, 9.17) is 0 Å². The van der Waals surface area contributed by atoms with Crippen LogP contribution in [0.1, 0.15) is 66.0 Å². The van der Waals surface area contributed by atoms with Crippen molar-refractivity contribution in [2.45, 2.75) is 67.7 Å². The maximum absolute atomic E-state index is 12.4. The van der Waals surface area contributed by atoms with Crippen LogP contribution in [-0.4, -0.2) is 41.9 Å². The number of carbonyl (C=O) groups excluding carboxylic acids is 3. The molecular formula is C39H53N5O3. The van der Waals surface area contributed by atoms with E-state index in [-0.39, 0.29) is 17.7 Å². The van der Waals surface area contributed by atoms with Crippen LogP contribution < -0.4 is 15.5 Å². The summed E-state index contributed by atoms with van der Waals surface area (Å²) >= 11 is 0.